The average molecular weight is 251 g/mol. The Morgan fingerprint density at radius 1 is 1.24 bits per heavy atom. The maximum absolute atomic E-state index is 5.81. The number of hydrogen-bond donors (Lipinski definition) is 0. The third-order valence-corrected chi connectivity index (χ3v) is 2.09. The van der Waals surface area contributed by atoms with Crippen molar-refractivity contribution in [1.82, 2.24) is 19.9 Å². The number of pyridine rings is 1. The lowest BCUT2D eigenvalue weighted by atomic mass is 10.3. The molecule has 2 rings (SSSR count). The molecule has 0 radical (unpaired) electrons. The molecule has 0 aliphatic carbocycles. The van der Waals surface area contributed by atoms with Crippen molar-refractivity contribution < 1.29 is 4.74 Å². The second-order valence-electron chi connectivity index (χ2n) is 3.27. The molecule has 0 N–H and O–H groups in total. The molecule has 0 aromatic carbocycles. The molecule has 0 atom stereocenters. The van der Waals surface area contributed by atoms with Crippen LogP contribution in [-0.4, -0.2) is 26.5 Å². The van der Waals surface area contributed by atoms with Crippen LogP contribution in [0.2, 0.25) is 5.28 Å². The monoisotopic (exact) mass is 250 g/mol. The molecule has 2 aromatic heterocycles. The fourth-order valence-corrected chi connectivity index (χ4v) is 1.35. The minimum absolute atomic E-state index is 0.103. The molecule has 0 bridgehead atoms. The summed E-state index contributed by atoms with van der Waals surface area (Å²) < 4.78 is 5.32. The van der Waals surface area contributed by atoms with Crippen LogP contribution in [0.5, 0.6) is 6.01 Å². The molecule has 2 aromatic rings. The van der Waals surface area contributed by atoms with Gasteiger partial charge in [-0.3, -0.25) is 4.98 Å². The Balaban J connectivity index is 2.32. The van der Waals surface area contributed by atoms with Crippen LogP contribution in [0.15, 0.2) is 24.4 Å². The van der Waals surface area contributed by atoms with Gasteiger partial charge in [0.1, 0.15) is 5.69 Å². The predicted molar refractivity (Wildman–Crippen MR) is 63.9 cm³/mol. The summed E-state index contributed by atoms with van der Waals surface area (Å²) in [4.78, 5) is 16.2. The topological polar surface area (TPSA) is 60.8 Å². The van der Waals surface area contributed by atoms with E-state index in [1.54, 1.807) is 12.3 Å². The fourth-order valence-electron chi connectivity index (χ4n) is 1.20. The first-order valence-corrected chi connectivity index (χ1v) is 5.63. The Morgan fingerprint density at radius 2 is 2.12 bits per heavy atom. The highest BCUT2D eigenvalue weighted by molar-refractivity contribution is 6.28. The predicted octanol–water partition coefficient (Wildman–Crippen LogP) is 2.38. The maximum atomic E-state index is 5.81. The van der Waals surface area contributed by atoms with E-state index in [1.807, 2.05) is 19.1 Å². The number of nitrogens with zero attached hydrogens (tertiary/aromatic N) is 4. The summed E-state index contributed by atoms with van der Waals surface area (Å²) in [7, 11) is 0. The van der Waals surface area contributed by atoms with Crippen molar-refractivity contribution in [3.63, 3.8) is 0 Å². The number of rotatable bonds is 4. The second kappa shape index (κ2) is 5.54. The minimum atomic E-state index is 0.103. The summed E-state index contributed by atoms with van der Waals surface area (Å²) in [6.07, 6.45) is 2.54. The molecule has 2 heterocycles. The Hall–Kier alpha value is -1.75. The maximum Gasteiger partial charge on any atom is 0.321 e. The van der Waals surface area contributed by atoms with E-state index in [-0.39, 0.29) is 11.3 Å². The third kappa shape index (κ3) is 3.10. The van der Waals surface area contributed by atoms with Gasteiger partial charge >= 0.3 is 6.01 Å². The first kappa shape index (κ1) is 11.7. The zero-order valence-electron chi connectivity index (χ0n) is 9.30. The van der Waals surface area contributed by atoms with Crippen molar-refractivity contribution in [1.29, 1.82) is 0 Å². The van der Waals surface area contributed by atoms with Gasteiger partial charge in [0, 0.05) is 6.20 Å². The van der Waals surface area contributed by atoms with Crippen molar-refractivity contribution in [2.24, 2.45) is 0 Å². The first-order valence-electron chi connectivity index (χ1n) is 5.25. The van der Waals surface area contributed by atoms with E-state index in [9.17, 15) is 0 Å². The summed E-state index contributed by atoms with van der Waals surface area (Å²) in [5, 5.41) is 0.103. The van der Waals surface area contributed by atoms with Gasteiger partial charge in [-0.2, -0.15) is 15.0 Å². The molecule has 0 saturated heterocycles. The lowest BCUT2D eigenvalue weighted by Gasteiger charge is -2.04. The Morgan fingerprint density at radius 3 is 2.82 bits per heavy atom. The van der Waals surface area contributed by atoms with E-state index in [0.29, 0.717) is 18.1 Å². The summed E-state index contributed by atoms with van der Waals surface area (Å²) in [5.41, 5.74) is 0.637. The lowest BCUT2D eigenvalue weighted by Crippen LogP contribution is -2.03. The second-order valence-corrected chi connectivity index (χ2v) is 3.61. The highest BCUT2D eigenvalue weighted by atomic mass is 35.5. The molecular weight excluding hydrogens is 240 g/mol. The van der Waals surface area contributed by atoms with Gasteiger partial charge in [-0.15, -0.1) is 0 Å². The van der Waals surface area contributed by atoms with Crippen LogP contribution in [0.3, 0.4) is 0 Å². The van der Waals surface area contributed by atoms with Crippen LogP contribution >= 0.6 is 11.6 Å². The largest absolute Gasteiger partial charge is 0.463 e. The Kier molecular flexibility index (Phi) is 3.82. The minimum Gasteiger partial charge on any atom is -0.463 e. The fraction of sp³-hybridized carbons (Fsp3) is 0.273. The van der Waals surface area contributed by atoms with E-state index in [0.717, 1.165) is 6.42 Å². The molecule has 0 saturated carbocycles. The first-order chi connectivity index (χ1) is 8.29. The van der Waals surface area contributed by atoms with Crippen LogP contribution in [0.25, 0.3) is 11.5 Å². The van der Waals surface area contributed by atoms with Gasteiger partial charge in [-0.25, -0.2) is 0 Å². The van der Waals surface area contributed by atoms with E-state index in [4.69, 9.17) is 16.3 Å². The summed E-state index contributed by atoms with van der Waals surface area (Å²) in [6, 6.07) is 5.70. The highest BCUT2D eigenvalue weighted by Gasteiger charge is 2.08. The standard InChI is InChI=1S/C11H11ClN4O/c1-2-7-17-11-15-9(14-10(12)16-11)8-5-3-4-6-13-8/h3-6H,2,7H2,1H3. The van der Waals surface area contributed by atoms with Crippen LogP contribution in [0.1, 0.15) is 13.3 Å². The average Bonchev–Trinajstić information content (AvgIpc) is 2.37. The van der Waals surface area contributed by atoms with Gasteiger partial charge in [0.15, 0.2) is 5.82 Å². The quantitative estimate of drug-likeness (QED) is 0.834. The molecule has 0 aliphatic heterocycles. The summed E-state index contributed by atoms with van der Waals surface area (Å²) in [6.45, 7) is 2.55. The molecule has 17 heavy (non-hydrogen) atoms. The van der Waals surface area contributed by atoms with Crippen molar-refractivity contribution in [2.75, 3.05) is 6.61 Å². The van der Waals surface area contributed by atoms with Gasteiger partial charge in [0.05, 0.1) is 6.61 Å². The molecule has 0 amide bonds. The lowest BCUT2D eigenvalue weighted by molar-refractivity contribution is 0.291. The van der Waals surface area contributed by atoms with E-state index in [1.165, 1.54) is 0 Å². The molecule has 6 heteroatoms. The van der Waals surface area contributed by atoms with Crippen molar-refractivity contribution in [3.05, 3.63) is 29.7 Å². The van der Waals surface area contributed by atoms with Gasteiger partial charge < -0.3 is 4.74 Å². The van der Waals surface area contributed by atoms with Gasteiger partial charge in [0.2, 0.25) is 5.28 Å². The van der Waals surface area contributed by atoms with E-state index >= 15 is 0 Å². The van der Waals surface area contributed by atoms with Crippen LogP contribution in [0, 0.1) is 0 Å². The molecule has 88 valence electrons. The van der Waals surface area contributed by atoms with Gasteiger partial charge in [-0.1, -0.05) is 13.0 Å². The highest BCUT2D eigenvalue weighted by Crippen LogP contribution is 2.16. The third-order valence-electron chi connectivity index (χ3n) is 1.92. The molecule has 0 fully saturated rings. The van der Waals surface area contributed by atoms with Gasteiger partial charge in [-0.05, 0) is 30.2 Å². The van der Waals surface area contributed by atoms with E-state index < -0.39 is 0 Å². The van der Waals surface area contributed by atoms with Crippen LogP contribution in [-0.2, 0) is 0 Å². The summed E-state index contributed by atoms with van der Waals surface area (Å²) in [5.74, 6) is 0.414. The SMILES string of the molecule is CCCOc1nc(Cl)nc(-c2ccccn2)n1. The van der Waals surface area contributed by atoms with Crippen molar-refractivity contribution in [3.8, 4) is 17.5 Å². The van der Waals surface area contributed by atoms with Gasteiger partial charge in [0.25, 0.3) is 0 Å². The molecule has 0 unspecified atom stereocenters. The number of aromatic nitrogens is 4. The van der Waals surface area contributed by atoms with Crippen molar-refractivity contribution >= 4 is 11.6 Å². The van der Waals surface area contributed by atoms with E-state index in [2.05, 4.69) is 19.9 Å². The van der Waals surface area contributed by atoms with Crippen molar-refractivity contribution in [2.45, 2.75) is 13.3 Å². The summed E-state index contributed by atoms with van der Waals surface area (Å²) >= 11 is 5.81. The number of ether oxygens (including phenoxy) is 1. The molecule has 0 aliphatic rings. The smallest absolute Gasteiger partial charge is 0.321 e. The number of halogens is 1. The molecular formula is C11H11ClN4O. The number of hydrogen-bond acceptors (Lipinski definition) is 5. The zero-order valence-corrected chi connectivity index (χ0v) is 10.1. The Labute approximate surface area is 104 Å². The van der Waals surface area contributed by atoms with Crippen LogP contribution < -0.4 is 4.74 Å². The van der Waals surface area contributed by atoms with Crippen LogP contribution in [0.4, 0.5) is 0 Å². The molecule has 5 nitrogen and oxygen atoms in total. The zero-order chi connectivity index (χ0) is 12.1. The Bertz CT molecular complexity index is 492. The molecule has 0 spiro atoms. The normalized spacial score (nSPS) is 10.2.